The topological polar surface area (TPSA) is 34.0 Å². The molecular weight excluding hydrogens is 260 g/mol. The summed E-state index contributed by atoms with van der Waals surface area (Å²) in [6, 6.07) is 19.9. The van der Waals surface area contributed by atoms with E-state index in [4.69, 9.17) is 4.74 Å². The van der Waals surface area contributed by atoms with Gasteiger partial charge >= 0.3 is 0 Å². The van der Waals surface area contributed by atoms with Crippen molar-refractivity contribution < 1.29 is 4.74 Å². The minimum atomic E-state index is 0.0810. The van der Waals surface area contributed by atoms with Crippen LogP contribution in [0.2, 0.25) is 0 Å². The highest BCUT2D eigenvalue weighted by Crippen LogP contribution is 2.20. The van der Waals surface area contributed by atoms with E-state index in [0.29, 0.717) is 0 Å². The van der Waals surface area contributed by atoms with Crippen molar-refractivity contribution in [3.05, 3.63) is 60.7 Å². The highest BCUT2D eigenvalue weighted by Gasteiger charge is 2.22. The van der Waals surface area contributed by atoms with Crippen LogP contribution in [0.3, 0.4) is 0 Å². The van der Waals surface area contributed by atoms with E-state index >= 15 is 0 Å². The molecule has 0 bridgehead atoms. The van der Waals surface area contributed by atoms with E-state index in [1.165, 1.54) is 0 Å². The summed E-state index contributed by atoms with van der Waals surface area (Å²) in [5, 5.41) is 0. The second-order valence-electron chi connectivity index (χ2n) is 5.02. The number of hydrogen-bond donors (Lipinski definition) is 0. The lowest BCUT2D eigenvalue weighted by Gasteiger charge is -2.05. The Kier molecular flexibility index (Phi) is 4.54. The fourth-order valence-corrected chi connectivity index (χ4v) is 2.27. The molecule has 0 radical (unpaired) electrons. The Balaban J connectivity index is 1.54. The van der Waals surface area contributed by atoms with Gasteiger partial charge in [0.15, 0.2) is 0 Å². The first-order valence-electron chi connectivity index (χ1n) is 7.24. The van der Waals surface area contributed by atoms with Gasteiger partial charge in [-0.2, -0.15) is 0 Å². The minimum Gasteiger partial charge on any atom is -0.364 e. The van der Waals surface area contributed by atoms with Crippen LogP contribution in [-0.2, 0) is 4.74 Å². The van der Waals surface area contributed by atoms with Crippen molar-refractivity contribution in [3.63, 3.8) is 0 Å². The molecule has 1 saturated heterocycles. The highest BCUT2D eigenvalue weighted by atomic mass is 16.5. The monoisotopic (exact) mass is 278 g/mol. The van der Waals surface area contributed by atoms with Gasteiger partial charge in [-0.05, 0) is 37.1 Å². The van der Waals surface area contributed by atoms with Gasteiger partial charge in [-0.1, -0.05) is 36.4 Å². The maximum atomic E-state index is 5.91. The van der Waals surface area contributed by atoms with Gasteiger partial charge in [0, 0.05) is 12.4 Å². The van der Waals surface area contributed by atoms with Gasteiger partial charge in [-0.3, -0.25) is 9.98 Å². The first kappa shape index (κ1) is 13.7. The van der Waals surface area contributed by atoms with E-state index in [-0.39, 0.29) is 12.2 Å². The van der Waals surface area contributed by atoms with Gasteiger partial charge in [0.25, 0.3) is 0 Å². The Bertz CT molecular complexity index is 552. The molecule has 21 heavy (non-hydrogen) atoms. The summed E-state index contributed by atoms with van der Waals surface area (Å²) in [5.41, 5.74) is 1.92. The molecule has 3 heteroatoms. The molecule has 1 aliphatic heterocycles. The van der Waals surface area contributed by atoms with E-state index in [2.05, 4.69) is 9.98 Å². The molecule has 106 valence electrons. The largest absolute Gasteiger partial charge is 0.364 e. The van der Waals surface area contributed by atoms with Crippen LogP contribution in [0, 0.1) is 0 Å². The van der Waals surface area contributed by atoms with Gasteiger partial charge < -0.3 is 4.74 Å². The zero-order chi connectivity index (χ0) is 14.3. The second kappa shape index (κ2) is 6.95. The molecule has 2 unspecified atom stereocenters. The van der Waals surface area contributed by atoms with E-state index in [1.807, 2.05) is 73.1 Å². The third kappa shape index (κ3) is 4.10. The Morgan fingerprint density at radius 3 is 1.57 bits per heavy atom. The predicted octanol–water partition coefficient (Wildman–Crippen LogP) is 4.34. The van der Waals surface area contributed by atoms with Crippen LogP contribution >= 0.6 is 0 Å². The molecule has 0 aliphatic carbocycles. The number of hydrogen-bond acceptors (Lipinski definition) is 3. The molecule has 1 heterocycles. The van der Waals surface area contributed by atoms with Crippen molar-refractivity contribution in [2.75, 3.05) is 0 Å². The van der Waals surface area contributed by atoms with Crippen LogP contribution < -0.4 is 0 Å². The van der Waals surface area contributed by atoms with Crippen molar-refractivity contribution in [1.29, 1.82) is 0 Å². The first-order valence-corrected chi connectivity index (χ1v) is 7.24. The number of benzene rings is 2. The average Bonchev–Trinajstić information content (AvgIpc) is 3.01. The Morgan fingerprint density at radius 2 is 1.14 bits per heavy atom. The summed E-state index contributed by atoms with van der Waals surface area (Å²) < 4.78 is 5.91. The van der Waals surface area contributed by atoms with Crippen LogP contribution in [-0.4, -0.2) is 24.6 Å². The first-order chi connectivity index (χ1) is 10.4. The quantitative estimate of drug-likeness (QED) is 0.766. The van der Waals surface area contributed by atoms with Gasteiger partial charge in [0.2, 0.25) is 0 Å². The second-order valence-corrected chi connectivity index (χ2v) is 5.02. The zero-order valence-electron chi connectivity index (χ0n) is 11.8. The van der Waals surface area contributed by atoms with Crippen molar-refractivity contribution in [2.45, 2.75) is 25.0 Å². The van der Waals surface area contributed by atoms with Gasteiger partial charge in [0.05, 0.1) is 23.6 Å². The van der Waals surface area contributed by atoms with Crippen LogP contribution in [0.25, 0.3) is 0 Å². The van der Waals surface area contributed by atoms with E-state index in [0.717, 1.165) is 24.2 Å². The zero-order valence-corrected chi connectivity index (χ0v) is 11.8. The van der Waals surface area contributed by atoms with Gasteiger partial charge in [0.1, 0.15) is 0 Å². The SMILES string of the molecule is C(=Nc1ccccc1)C1CCC(C=Nc2ccccc2)O1. The Morgan fingerprint density at radius 1 is 0.714 bits per heavy atom. The molecule has 2 aromatic carbocycles. The molecule has 2 atom stereocenters. The number of aliphatic imine (C=N–C) groups is 2. The number of nitrogens with zero attached hydrogens (tertiary/aromatic N) is 2. The van der Waals surface area contributed by atoms with Crippen LogP contribution in [0.4, 0.5) is 11.4 Å². The van der Waals surface area contributed by atoms with Crippen molar-refractivity contribution in [2.24, 2.45) is 9.98 Å². The van der Waals surface area contributed by atoms with Crippen LogP contribution in [0.1, 0.15) is 12.8 Å². The lowest BCUT2D eigenvalue weighted by molar-refractivity contribution is 0.129. The lowest BCUT2D eigenvalue weighted by atomic mass is 10.2. The molecule has 0 N–H and O–H groups in total. The lowest BCUT2D eigenvalue weighted by Crippen LogP contribution is -2.12. The van der Waals surface area contributed by atoms with Gasteiger partial charge in [-0.15, -0.1) is 0 Å². The minimum absolute atomic E-state index is 0.0810. The maximum Gasteiger partial charge on any atom is 0.0936 e. The molecule has 2 aromatic rings. The molecule has 1 fully saturated rings. The number of ether oxygens (including phenoxy) is 1. The normalized spacial score (nSPS) is 22.3. The van der Waals surface area contributed by atoms with E-state index in [1.54, 1.807) is 0 Å². The van der Waals surface area contributed by atoms with Crippen molar-refractivity contribution >= 4 is 23.8 Å². The van der Waals surface area contributed by atoms with E-state index < -0.39 is 0 Å². The van der Waals surface area contributed by atoms with Crippen LogP contribution in [0.5, 0.6) is 0 Å². The Labute approximate surface area is 125 Å². The summed E-state index contributed by atoms with van der Waals surface area (Å²) in [7, 11) is 0. The molecule has 1 aliphatic rings. The maximum absolute atomic E-state index is 5.91. The third-order valence-corrected chi connectivity index (χ3v) is 3.38. The number of rotatable bonds is 4. The van der Waals surface area contributed by atoms with Gasteiger partial charge in [-0.25, -0.2) is 0 Å². The molecule has 3 nitrogen and oxygen atoms in total. The third-order valence-electron chi connectivity index (χ3n) is 3.38. The summed E-state index contributed by atoms with van der Waals surface area (Å²) >= 11 is 0. The molecule has 0 spiro atoms. The molecule has 0 aromatic heterocycles. The standard InChI is InChI=1S/C18H18N2O/c1-3-7-15(8-4-1)19-13-17-11-12-18(21-17)14-20-16-9-5-2-6-10-16/h1-10,13-14,17-18H,11-12H2. The highest BCUT2D eigenvalue weighted by molar-refractivity contribution is 5.72. The molecule has 0 amide bonds. The summed E-state index contributed by atoms with van der Waals surface area (Å²) in [6.07, 6.45) is 5.93. The van der Waals surface area contributed by atoms with Crippen LogP contribution in [0.15, 0.2) is 70.6 Å². The summed E-state index contributed by atoms with van der Waals surface area (Å²) in [6.45, 7) is 0. The van der Waals surface area contributed by atoms with Crippen molar-refractivity contribution in [3.8, 4) is 0 Å². The smallest absolute Gasteiger partial charge is 0.0936 e. The molecule has 0 saturated carbocycles. The predicted molar refractivity (Wildman–Crippen MR) is 87.1 cm³/mol. The van der Waals surface area contributed by atoms with E-state index in [9.17, 15) is 0 Å². The summed E-state index contributed by atoms with van der Waals surface area (Å²) in [4.78, 5) is 8.89. The average molecular weight is 278 g/mol. The Hall–Kier alpha value is -2.26. The molecular formula is C18H18N2O. The van der Waals surface area contributed by atoms with Crippen molar-refractivity contribution in [1.82, 2.24) is 0 Å². The number of para-hydroxylation sites is 2. The fourth-order valence-electron chi connectivity index (χ4n) is 2.27. The molecule has 3 rings (SSSR count). The summed E-state index contributed by atoms with van der Waals surface area (Å²) in [5.74, 6) is 0. The fraction of sp³-hybridized carbons (Fsp3) is 0.222.